The smallest absolute Gasteiger partial charge is 0.148 e. The number of furan rings is 1. The first-order valence-corrected chi connectivity index (χ1v) is 9.53. The fourth-order valence-electron chi connectivity index (χ4n) is 4.04. The number of hydrogen-bond donors (Lipinski definition) is 1. The van der Waals surface area contributed by atoms with Gasteiger partial charge in [-0.3, -0.25) is 0 Å². The van der Waals surface area contributed by atoms with Crippen molar-refractivity contribution < 1.29 is 4.42 Å². The molecular weight excluding hydrogens is 348 g/mol. The van der Waals surface area contributed by atoms with Crippen molar-refractivity contribution >= 4 is 16.8 Å². The first-order chi connectivity index (χ1) is 13.7. The van der Waals surface area contributed by atoms with Crippen molar-refractivity contribution in [1.29, 1.82) is 0 Å². The quantitative estimate of drug-likeness (QED) is 0.575. The van der Waals surface area contributed by atoms with E-state index in [0.29, 0.717) is 0 Å². The lowest BCUT2D eigenvalue weighted by molar-refractivity contribution is 0.282. The van der Waals surface area contributed by atoms with E-state index in [0.717, 1.165) is 46.9 Å². The molecule has 5 nitrogen and oxygen atoms in total. The minimum Gasteiger partial charge on any atom is -0.460 e. The lowest BCUT2D eigenvalue weighted by atomic mass is 9.86. The molecule has 0 aliphatic carbocycles. The molecule has 140 valence electrons. The lowest BCUT2D eigenvalue weighted by Gasteiger charge is -2.31. The van der Waals surface area contributed by atoms with Gasteiger partial charge in [0.25, 0.3) is 0 Å². The summed E-state index contributed by atoms with van der Waals surface area (Å²) < 4.78 is 6.20. The van der Waals surface area contributed by atoms with Crippen molar-refractivity contribution in [2.45, 2.75) is 12.5 Å². The largest absolute Gasteiger partial charge is 0.460 e. The Kier molecular flexibility index (Phi) is 4.10. The highest BCUT2D eigenvalue weighted by atomic mass is 16.3. The van der Waals surface area contributed by atoms with Crippen LogP contribution in [0, 0.1) is 0 Å². The SMILES string of the molecule is CNc1ccc(-c2ccc3c(c2)CN(C)CC3c2cc3ccccc3o2)nn1. The molecule has 5 rings (SSSR count). The van der Waals surface area contributed by atoms with E-state index in [4.69, 9.17) is 4.42 Å². The molecule has 0 saturated carbocycles. The molecule has 5 heteroatoms. The Morgan fingerprint density at radius 2 is 1.93 bits per heavy atom. The van der Waals surface area contributed by atoms with Crippen LogP contribution in [0.1, 0.15) is 22.8 Å². The van der Waals surface area contributed by atoms with Gasteiger partial charge < -0.3 is 14.6 Å². The minimum atomic E-state index is 0.230. The van der Waals surface area contributed by atoms with Gasteiger partial charge in [-0.2, -0.15) is 0 Å². The van der Waals surface area contributed by atoms with Crippen LogP contribution in [0.15, 0.2) is 65.1 Å². The first-order valence-electron chi connectivity index (χ1n) is 9.53. The van der Waals surface area contributed by atoms with E-state index in [9.17, 15) is 0 Å². The van der Waals surface area contributed by atoms with E-state index < -0.39 is 0 Å². The van der Waals surface area contributed by atoms with Crippen LogP contribution in [0.2, 0.25) is 0 Å². The number of likely N-dealkylation sites (N-methyl/N-ethyl adjacent to an activating group) is 1. The van der Waals surface area contributed by atoms with Crippen LogP contribution in [0.25, 0.3) is 22.2 Å². The Hall–Kier alpha value is -3.18. The molecule has 1 N–H and O–H groups in total. The Bertz CT molecular complexity index is 1100. The molecule has 0 fully saturated rings. The minimum absolute atomic E-state index is 0.230. The molecule has 28 heavy (non-hydrogen) atoms. The van der Waals surface area contributed by atoms with Gasteiger partial charge in [0.05, 0.1) is 11.6 Å². The molecule has 3 heterocycles. The highest BCUT2D eigenvalue weighted by molar-refractivity contribution is 5.78. The normalized spacial score (nSPS) is 16.9. The average Bonchev–Trinajstić information content (AvgIpc) is 3.17. The summed E-state index contributed by atoms with van der Waals surface area (Å²) in [5.74, 6) is 2.03. The third-order valence-corrected chi connectivity index (χ3v) is 5.46. The number of nitrogens with zero attached hydrogens (tertiary/aromatic N) is 3. The molecule has 4 aromatic rings. The molecule has 1 atom stereocenters. The van der Waals surface area contributed by atoms with E-state index in [1.54, 1.807) is 0 Å². The summed E-state index contributed by atoms with van der Waals surface area (Å²) in [4.78, 5) is 2.35. The number of aromatic nitrogens is 2. The Morgan fingerprint density at radius 1 is 1.04 bits per heavy atom. The maximum atomic E-state index is 6.20. The van der Waals surface area contributed by atoms with E-state index in [-0.39, 0.29) is 5.92 Å². The second-order valence-electron chi connectivity index (χ2n) is 7.40. The summed E-state index contributed by atoms with van der Waals surface area (Å²) in [7, 11) is 4.00. The third kappa shape index (κ3) is 2.94. The van der Waals surface area contributed by atoms with Crippen LogP contribution in [0.5, 0.6) is 0 Å². The van der Waals surface area contributed by atoms with Crippen molar-refractivity contribution in [2.75, 3.05) is 26.0 Å². The zero-order valence-electron chi connectivity index (χ0n) is 16.0. The molecule has 1 aliphatic heterocycles. The first kappa shape index (κ1) is 17.0. The average molecular weight is 370 g/mol. The molecule has 0 bridgehead atoms. The Balaban J connectivity index is 1.55. The van der Waals surface area contributed by atoms with Gasteiger partial charge >= 0.3 is 0 Å². The molecule has 2 aromatic carbocycles. The van der Waals surface area contributed by atoms with Gasteiger partial charge in [0.15, 0.2) is 0 Å². The van der Waals surface area contributed by atoms with Crippen molar-refractivity contribution in [3.63, 3.8) is 0 Å². The predicted molar refractivity (Wildman–Crippen MR) is 111 cm³/mol. The summed E-state index contributed by atoms with van der Waals surface area (Å²) in [5.41, 5.74) is 5.57. The molecule has 1 unspecified atom stereocenters. The van der Waals surface area contributed by atoms with Gasteiger partial charge in [-0.25, -0.2) is 0 Å². The lowest BCUT2D eigenvalue weighted by Crippen LogP contribution is -2.30. The molecule has 2 aromatic heterocycles. The van der Waals surface area contributed by atoms with Gasteiger partial charge in [0, 0.05) is 31.1 Å². The number of rotatable bonds is 3. The summed E-state index contributed by atoms with van der Waals surface area (Å²) in [6.07, 6.45) is 0. The van der Waals surface area contributed by atoms with Crippen molar-refractivity contribution in [3.05, 3.63) is 77.6 Å². The van der Waals surface area contributed by atoms with Crippen LogP contribution in [-0.2, 0) is 6.54 Å². The molecule has 0 spiro atoms. The Morgan fingerprint density at radius 3 is 2.71 bits per heavy atom. The van der Waals surface area contributed by atoms with Gasteiger partial charge in [0.2, 0.25) is 0 Å². The van der Waals surface area contributed by atoms with Crippen LogP contribution in [0.4, 0.5) is 5.82 Å². The van der Waals surface area contributed by atoms with Gasteiger partial charge in [0.1, 0.15) is 17.2 Å². The highest BCUT2D eigenvalue weighted by Gasteiger charge is 2.27. The number of fused-ring (bicyclic) bond motifs is 2. The molecular formula is C23H22N4O. The van der Waals surface area contributed by atoms with E-state index in [2.05, 4.69) is 63.9 Å². The zero-order chi connectivity index (χ0) is 19.1. The van der Waals surface area contributed by atoms with Gasteiger partial charge in [-0.1, -0.05) is 30.3 Å². The maximum absolute atomic E-state index is 6.20. The van der Waals surface area contributed by atoms with Crippen molar-refractivity contribution in [1.82, 2.24) is 15.1 Å². The molecule has 0 radical (unpaired) electrons. The number of anilines is 1. The monoisotopic (exact) mass is 370 g/mol. The summed E-state index contributed by atoms with van der Waals surface area (Å²) >= 11 is 0. The third-order valence-electron chi connectivity index (χ3n) is 5.46. The number of nitrogens with one attached hydrogen (secondary N) is 1. The number of para-hydroxylation sites is 1. The summed E-state index contributed by atoms with van der Waals surface area (Å²) in [6.45, 7) is 1.87. The summed E-state index contributed by atoms with van der Waals surface area (Å²) in [5, 5.41) is 12.7. The number of hydrogen-bond acceptors (Lipinski definition) is 5. The topological polar surface area (TPSA) is 54.2 Å². The standard InChI is InChI=1S/C23H22N4O/c1-24-23-10-9-20(25-26-23)15-7-8-18-17(11-15)13-27(2)14-19(18)22-12-16-5-3-4-6-21(16)28-22/h3-12,19H,13-14H2,1-2H3,(H,24,26). The van der Waals surface area contributed by atoms with E-state index >= 15 is 0 Å². The second kappa shape index (κ2) is 6.77. The van der Waals surface area contributed by atoms with Crippen LogP contribution >= 0.6 is 0 Å². The maximum Gasteiger partial charge on any atom is 0.148 e. The zero-order valence-corrected chi connectivity index (χ0v) is 16.0. The second-order valence-corrected chi connectivity index (χ2v) is 7.40. The van der Waals surface area contributed by atoms with E-state index in [1.165, 1.54) is 11.1 Å². The van der Waals surface area contributed by atoms with Crippen molar-refractivity contribution in [2.24, 2.45) is 0 Å². The van der Waals surface area contributed by atoms with Gasteiger partial charge in [-0.05, 0) is 48.5 Å². The molecule has 0 saturated heterocycles. The fourth-order valence-corrected chi connectivity index (χ4v) is 4.04. The number of benzene rings is 2. The fraction of sp³-hybridized carbons (Fsp3) is 0.217. The summed E-state index contributed by atoms with van der Waals surface area (Å²) in [6, 6.07) is 20.9. The molecule has 0 amide bonds. The van der Waals surface area contributed by atoms with Gasteiger partial charge in [-0.15, -0.1) is 10.2 Å². The van der Waals surface area contributed by atoms with Crippen LogP contribution < -0.4 is 5.32 Å². The predicted octanol–water partition coefficient (Wildman–Crippen LogP) is 4.51. The van der Waals surface area contributed by atoms with Crippen molar-refractivity contribution in [3.8, 4) is 11.3 Å². The molecule has 1 aliphatic rings. The van der Waals surface area contributed by atoms with Crippen LogP contribution in [-0.4, -0.2) is 35.7 Å². The van der Waals surface area contributed by atoms with E-state index in [1.807, 2.05) is 31.3 Å². The van der Waals surface area contributed by atoms with Crippen LogP contribution in [0.3, 0.4) is 0 Å². The Labute approximate surface area is 164 Å². The highest BCUT2D eigenvalue weighted by Crippen LogP contribution is 2.37.